The fourth-order valence-electron chi connectivity index (χ4n) is 9.59. The fraction of sp³-hybridized carbons (Fsp3) is 0.720. The van der Waals surface area contributed by atoms with Gasteiger partial charge in [0.15, 0.2) is 6.10 Å². The first-order chi connectivity index (χ1) is 40.0. The van der Waals surface area contributed by atoms with E-state index in [-0.39, 0.29) is 31.1 Å². The first-order valence-electron chi connectivity index (χ1n) is 34.4. The van der Waals surface area contributed by atoms with Crippen molar-refractivity contribution in [2.75, 3.05) is 13.2 Å². The predicted octanol–water partition coefficient (Wildman–Crippen LogP) is 23.8. The summed E-state index contributed by atoms with van der Waals surface area (Å²) in [4.78, 5) is 38.4. The van der Waals surface area contributed by atoms with Crippen molar-refractivity contribution in [1.82, 2.24) is 0 Å². The lowest BCUT2D eigenvalue weighted by Gasteiger charge is -2.18. The van der Waals surface area contributed by atoms with Crippen LogP contribution < -0.4 is 0 Å². The molecule has 0 rings (SSSR count). The maximum absolute atomic E-state index is 12.9. The van der Waals surface area contributed by atoms with Crippen molar-refractivity contribution in [2.24, 2.45) is 0 Å². The summed E-state index contributed by atoms with van der Waals surface area (Å²) in [5, 5.41) is 0. The molecule has 0 aromatic heterocycles. The van der Waals surface area contributed by atoms with Crippen molar-refractivity contribution < 1.29 is 28.6 Å². The van der Waals surface area contributed by atoms with Gasteiger partial charge in [-0.2, -0.15) is 0 Å². The summed E-state index contributed by atoms with van der Waals surface area (Å²) >= 11 is 0. The van der Waals surface area contributed by atoms with Gasteiger partial charge in [0.25, 0.3) is 0 Å². The third-order valence-electron chi connectivity index (χ3n) is 14.7. The lowest BCUT2D eigenvalue weighted by molar-refractivity contribution is -0.167. The molecule has 0 fully saturated rings. The van der Waals surface area contributed by atoms with Gasteiger partial charge in [-0.05, 0) is 128 Å². The topological polar surface area (TPSA) is 78.9 Å². The molecular formula is C75H128O6. The Kier molecular flexibility index (Phi) is 65.2. The zero-order valence-corrected chi connectivity index (χ0v) is 53.3. The third-order valence-corrected chi connectivity index (χ3v) is 14.7. The molecule has 0 saturated heterocycles. The van der Waals surface area contributed by atoms with Crippen molar-refractivity contribution in [3.63, 3.8) is 0 Å². The summed E-state index contributed by atoms with van der Waals surface area (Å²) < 4.78 is 17.0. The first kappa shape index (κ1) is 77.1. The number of rotatable bonds is 62. The van der Waals surface area contributed by atoms with Gasteiger partial charge in [0, 0.05) is 19.3 Å². The van der Waals surface area contributed by atoms with E-state index in [1.807, 2.05) is 0 Å². The van der Waals surface area contributed by atoms with Crippen LogP contribution in [0.3, 0.4) is 0 Å². The molecule has 6 nitrogen and oxygen atoms in total. The molecule has 81 heavy (non-hydrogen) atoms. The van der Waals surface area contributed by atoms with Crippen LogP contribution in [0.2, 0.25) is 0 Å². The molecule has 6 heteroatoms. The molecule has 0 saturated carbocycles. The maximum Gasteiger partial charge on any atom is 0.306 e. The summed E-state index contributed by atoms with van der Waals surface area (Å²) in [6.07, 6.45) is 93.8. The van der Waals surface area contributed by atoms with Crippen molar-refractivity contribution >= 4 is 17.9 Å². The molecule has 1 unspecified atom stereocenters. The monoisotopic (exact) mass is 1120 g/mol. The van der Waals surface area contributed by atoms with Gasteiger partial charge in [0.05, 0.1) is 0 Å². The summed E-state index contributed by atoms with van der Waals surface area (Å²) in [6.45, 7) is 6.51. The van der Waals surface area contributed by atoms with Crippen LogP contribution >= 0.6 is 0 Å². The number of esters is 3. The van der Waals surface area contributed by atoms with Crippen LogP contribution in [0, 0.1) is 0 Å². The Bertz CT molecular complexity index is 1620. The SMILES string of the molecule is CC/C=C\C/C=C\C/C=C\C/C=C\C/C=C\C/C=C\CCCCCCCCCCCCC(=O)OCC(COC(=O)CCCCCCC/C=C\C/C=C\CCCCC)OC(=O)CCCCCCCCCCC/C=C\CCCCCCCC. The summed E-state index contributed by atoms with van der Waals surface area (Å²) in [5.74, 6) is -0.893. The Morgan fingerprint density at radius 2 is 0.481 bits per heavy atom. The Hall–Kier alpha value is -3.93. The van der Waals surface area contributed by atoms with Crippen LogP contribution in [0.15, 0.2) is 109 Å². The molecule has 0 heterocycles. The van der Waals surface area contributed by atoms with Gasteiger partial charge in [0.1, 0.15) is 13.2 Å². The highest BCUT2D eigenvalue weighted by Gasteiger charge is 2.19. The Morgan fingerprint density at radius 3 is 0.790 bits per heavy atom. The standard InChI is InChI=1S/C75H128O6/c1-4-7-10-13-16-19-22-25-28-30-32-33-34-35-36-37-38-39-40-41-43-44-47-50-53-56-59-62-65-68-74(77)80-71-72(70-79-73(76)67-64-61-58-55-52-49-46-27-24-21-18-15-12-9-6-3)81-75(78)69-66-63-60-57-54-51-48-45-42-31-29-26-23-20-17-14-11-8-5-2/h7,10,16,18-19,21,25-29,32-33,35-36,38-39,46,72H,4-6,8-9,11-15,17,20,22-24,30-31,34,37,40-45,47-71H2,1-3H3/b10-7-,19-16-,21-18-,28-25-,29-26-,33-32-,36-35-,39-38-,46-27-. The van der Waals surface area contributed by atoms with Crippen LogP contribution in [0.5, 0.6) is 0 Å². The van der Waals surface area contributed by atoms with Gasteiger partial charge >= 0.3 is 17.9 Å². The number of carbonyl (C=O) groups is 3. The Morgan fingerprint density at radius 1 is 0.259 bits per heavy atom. The number of ether oxygens (including phenoxy) is 3. The van der Waals surface area contributed by atoms with Gasteiger partial charge < -0.3 is 14.2 Å². The minimum absolute atomic E-state index is 0.0849. The summed E-state index contributed by atoms with van der Waals surface area (Å²) in [7, 11) is 0. The zero-order valence-electron chi connectivity index (χ0n) is 53.3. The van der Waals surface area contributed by atoms with E-state index in [1.54, 1.807) is 0 Å². The van der Waals surface area contributed by atoms with Crippen LogP contribution in [0.1, 0.15) is 329 Å². The lowest BCUT2D eigenvalue weighted by atomic mass is 10.0. The molecule has 0 aliphatic rings. The second kappa shape index (κ2) is 68.6. The lowest BCUT2D eigenvalue weighted by Crippen LogP contribution is -2.30. The van der Waals surface area contributed by atoms with E-state index in [0.717, 1.165) is 116 Å². The van der Waals surface area contributed by atoms with Crippen LogP contribution in [-0.4, -0.2) is 37.2 Å². The number of carbonyl (C=O) groups excluding carboxylic acids is 3. The average Bonchev–Trinajstić information content (AvgIpc) is 3.47. The molecule has 464 valence electrons. The molecule has 0 amide bonds. The van der Waals surface area contributed by atoms with E-state index < -0.39 is 6.10 Å². The predicted molar refractivity (Wildman–Crippen MR) is 353 cm³/mol. The van der Waals surface area contributed by atoms with Gasteiger partial charge in [-0.3, -0.25) is 14.4 Å². The highest BCUT2D eigenvalue weighted by Crippen LogP contribution is 2.16. The van der Waals surface area contributed by atoms with Crippen molar-refractivity contribution in [2.45, 2.75) is 335 Å². The number of allylic oxidation sites excluding steroid dienone is 18. The van der Waals surface area contributed by atoms with Gasteiger partial charge in [-0.25, -0.2) is 0 Å². The van der Waals surface area contributed by atoms with Gasteiger partial charge in [-0.15, -0.1) is 0 Å². The minimum Gasteiger partial charge on any atom is -0.462 e. The van der Waals surface area contributed by atoms with E-state index in [9.17, 15) is 14.4 Å². The van der Waals surface area contributed by atoms with Crippen LogP contribution in [0.25, 0.3) is 0 Å². The second-order valence-corrected chi connectivity index (χ2v) is 22.7. The number of unbranched alkanes of at least 4 members (excludes halogenated alkanes) is 33. The van der Waals surface area contributed by atoms with Gasteiger partial charge in [0.2, 0.25) is 0 Å². The minimum atomic E-state index is -0.789. The third kappa shape index (κ3) is 66.8. The van der Waals surface area contributed by atoms with Crippen molar-refractivity contribution in [3.8, 4) is 0 Å². The summed E-state index contributed by atoms with van der Waals surface area (Å²) in [6, 6.07) is 0. The van der Waals surface area contributed by atoms with Crippen molar-refractivity contribution in [3.05, 3.63) is 109 Å². The molecule has 0 aromatic carbocycles. The largest absolute Gasteiger partial charge is 0.462 e. The quantitative estimate of drug-likeness (QED) is 0.0261. The fourth-order valence-corrected chi connectivity index (χ4v) is 9.59. The zero-order chi connectivity index (χ0) is 58.5. The van der Waals surface area contributed by atoms with Gasteiger partial charge in [-0.1, -0.05) is 291 Å². The van der Waals surface area contributed by atoms with E-state index in [0.29, 0.717) is 19.3 Å². The first-order valence-corrected chi connectivity index (χ1v) is 34.4. The Balaban J connectivity index is 4.33. The van der Waals surface area contributed by atoms with E-state index >= 15 is 0 Å². The molecule has 0 radical (unpaired) electrons. The molecule has 0 aromatic rings. The Labute approximate surface area is 501 Å². The van der Waals surface area contributed by atoms with E-state index in [2.05, 4.69) is 130 Å². The number of hydrogen-bond donors (Lipinski definition) is 0. The molecule has 0 spiro atoms. The van der Waals surface area contributed by atoms with Crippen LogP contribution in [0.4, 0.5) is 0 Å². The molecule has 0 aliphatic heterocycles. The molecule has 0 N–H and O–H groups in total. The smallest absolute Gasteiger partial charge is 0.306 e. The van der Waals surface area contributed by atoms with E-state index in [4.69, 9.17) is 14.2 Å². The average molecular weight is 1130 g/mol. The normalized spacial score (nSPS) is 12.8. The highest BCUT2D eigenvalue weighted by atomic mass is 16.6. The molecule has 1 atom stereocenters. The maximum atomic E-state index is 12.9. The van der Waals surface area contributed by atoms with Crippen molar-refractivity contribution in [1.29, 1.82) is 0 Å². The number of hydrogen-bond acceptors (Lipinski definition) is 6. The van der Waals surface area contributed by atoms with E-state index in [1.165, 1.54) is 173 Å². The van der Waals surface area contributed by atoms with Crippen LogP contribution in [-0.2, 0) is 28.6 Å². The molecular weight excluding hydrogens is 997 g/mol. The summed E-state index contributed by atoms with van der Waals surface area (Å²) in [5.41, 5.74) is 0. The molecule has 0 aliphatic carbocycles. The highest BCUT2D eigenvalue weighted by molar-refractivity contribution is 5.71. The molecule has 0 bridgehead atoms. The second-order valence-electron chi connectivity index (χ2n) is 22.7.